The van der Waals surface area contributed by atoms with Crippen molar-refractivity contribution in [1.82, 2.24) is 10.1 Å². The zero-order valence-electron chi connectivity index (χ0n) is 8.20. The fourth-order valence-corrected chi connectivity index (χ4v) is 1.69. The molecule has 0 atom stereocenters. The van der Waals surface area contributed by atoms with Crippen molar-refractivity contribution in [1.29, 1.82) is 0 Å². The van der Waals surface area contributed by atoms with Gasteiger partial charge in [0.15, 0.2) is 5.82 Å². The molecule has 0 radical (unpaired) electrons. The standard InChI is InChI=1S/C10H15N3O/c1-2-8(3-1)9-12-10(14-13-9)11-6-7-4-5-7/h7-8H,1-6H2,(H,11,12,13). The molecule has 2 saturated carbocycles. The largest absolute Gasteiger partial charge is 0.337 e. The minimum atomic E-state index is 0.565. The quantitative estimate of drug-likeness (QED) is 0.796. The fourth-order valence-electron chi connectivity index (χ4n) is 1.69. The second kappa shape index (κ2) is 3.26. The highest BCUT2D eigenvalue weighted by atomic mass is 16.5. The van der Waals surface area contributed by atoms with Gasteiger partial charge in [-0.1, -0.05) is 11.6 Å². The van der Waals surface area contributed by atoms with Gasteiger partial charge >= 0.3 is 6.01 Å². The lowest BCUT2D eigenvalue weighted by atomic mass is 9.85. The van der Waals surface area contributed by atoms with E-state index >= 15 is 0 Å². The van der Waals surface area contributed by atoms with Crippen LogP contribution in [0.4, 0.5) is 6.01 Å². The van der Waals surface area contributed by atoms with E-state index in [2.05, 4.69) is 15.5 Å². The lowest BCUT2D eigenvalue weighted by Gasteiger charge is -2.20. The minimum absolute atomic E-state index is 0.565. The maximum atomic E-state index is 5.13. The van der Waals surface area contributed by atoms with Crippen LogP contribution in [0.2, 0.25) is 0 Å². The molecule has 2 aliphatic carbocycles. The first kappa shape index (κ1) is 8.26. The summed E-state index contributed by atoms with van der Waals surface area (Å²) < 4.78 is 5.13. The van der Waals surface area contributed by atoms with E-state index in [0.29, 0.717) is 11.9 Å². The Morgan fingerprint density at radius 2 is 2.14 bits per heavy atom. The van der Waals surface area contributed by atoms with E-state index in [1.165, 1.54) is 32.1 Å². The highest BCUT2D eigenvalue weighted by molar-refractivity contribution is 5.20. The lowest BCUT2D eigenvalue weighted by Crippen LogP contribution is -2.10. The molecular formula is C10H15N3O. The molecule has 4 heteroatoms. The van der Waals surface area contributed by atoms with Crippen LogP contribution in [0.3, 0.4) is 0 Å². The Bertz CT molecular complexity index is 315. The Morgan fingerprint density at radius 3 is 2.79 bits per heavy atom. The third kappa shape index (κ3) is 1.61. The summed E-state index contributed by atoms with van der Waals surface area (Å²) in [6, 6.07) is 0.610. The van der Waals surface area contributed by atoms with Crippen molar-refractivity contribution in [2.24, 2.45) is 5.92 Å². The minimum Gasteiger partial charge on any atom is -0.337 e. The Morgan fingerprint density at radius 1 is 1.29 bits per heavy atom. The van der Waals surface area contributed by atoms with Crippen LogP contribution in [0, 0.1) is 5.92 Å². The van der Waals surface area contributed by atoms with Gasteiger partial charge in [-0.05, 0) is 31.6 Å². The molecule has 1 heterocycles. The zero-order valence-corrected chi connectivity index (χ0v) is 8.20. The second-order valence-corrected chi connectivity index (χ2v) is 4.41. The SMILES string of the molecule is C1CC(c2noc(NCC3CC3)n2)C1. The predicted octanol–water partition coefficient (Wildman–Crippen LogP) is 2.16. The molecule has 1 aromatic rings. The summed E-state index contributed by atoms with van der Waals surface area (Å²) in [6.07, 6.45) is 6.44. The number of nitrogens with one attached hydrogen (secondary N) is 1. The van der Waals surface area contributed by atoms with E-state index in [-0.39, 0.29) is 0 Å². The van der Waals surface area contributed by atoms with Crippen LogP contribution >= 0.6 is 0 Å². The van der Waals surface area contributed by atoms with Gasteiger partial charge in [-0.25, -0.2) is 0 Å². The number of hydrogen-bond donors (Lipinski definition) is 1. The molecule has 0 spiro atoms. The van der Waals surface area contributed by atoms with Crippen molar-refractivity contribution in [2.45, 2.75) is 38.0 Å². The first-order chi connectivity index (χ1) is 6.92. The van der Waals surface area contributed by atoms with E-state index in [1.54, 1.807) is 0 Å². The molecule has 0 amide bonds. The number of aromatic nitrogens is 2. The number of rotatable bonds is 4. The van der Waals surface area contributed by atoms with Gasteiger partial charge in [0.25, 0.3) is 0 Å². The molecule has 1 aromatic heterocycles. The van der Waals surface area contributed by atoms with E-state index in [9.17, 15) is 0 Å². The van der Waals surface area contributed by atoms with Crippen molar-refractivity contribution in [3.8, 4) is 0 Å². The Labute approximate surface area is 83.1 Å². The van der Waals surface area contributed by atoms with Crippen LogP contribution < -0.4 is 5.32 Å². The van der Waals surface area contributed by atoms with Gasteiger partial charge in [-0.3, -0.25) is 0 Å². The maximum Gasteiger partial charge on any atom is 0.321 e. The van der Waals surface area contributed by atoms with Crippen molar-refractivity contribution in [3.05, 3.63) is 5.82 Å². The highest BCUT2D eigenvalue weighted by Gasteiger charge is 2.25. The summed E-state index contributed by atoms with van der Waals surface area (Å²) in [7, 11) is 0. The molecule has 0 saturated heterocycles. The fraction of sp³-hybridized carbons (Fsp3) is 0.800. The maximum absolute atomic E-state index is 5.13. The Kier molecular flexibility index (Phi) is 1.92. The topological polar surface area (TPSA) is 51.0 Å². The molecule has 4 nitrogen and oxygen atoms in total. The summed E-state index contributed by atoms with van der Waals surface area (Å²) in [6.45, 7) is 0.992. The molecule has 0 bridgehead atoms. The zero-order chi connectivity index (χ0) is 9.38. The summed E-state index contributed by atoms with van der Waals surface area (Å²) >= 11 is 0. The molecular weight excluding hydrogens is 178 g/mol. The molecule has 1 N–H and O–H groups in total. The van der Waals surface area contributed by atoms with Gasteiger partial charge in [-0.2, -0.15) is 4.98 Å². The molecule has 3 rings (SSSR count). The lowest BCUT2D eigenvalue weighted by molar-refractivity contribution is 0.366. The first-order valence-corrected chi connectivity index (χ1v) is 5.49. The average molecular weight is 193 g/mol. The van der Waals surface area contributed by atoms with Crippen LogP contribution in [-0.2, 0) is 0 Å². The van der Waals surface area contributed by atoms with E-state index < -0.39 is 0 Å². The van der Waals surface area contributed by atoms with Crippen molar-refractivity contribution < 1.29 is 4.52 Å². The van der Waals surface area contributed by atoms with Crippen molar-refractivity contribution in [3.63, 3.8) is 0 Å². The van der Waals surface area contributed by atoms with E-state index in [0.717, 1.165) is 18.3 Å². The summed E-state index contributed by atoms with van der Waals surface area (Å²) in [5, 5.41) is 7.18. The average Bonchev–Trinajstić information content (AvgIpc) is 2.82. The third-order valence-corrected chi connectivity index (χ3v) is 3.15. The summed E-state index contributed by atoms with van der Waals surface area (Å²) in [5.74, 6) is 2.30. The van der Waals surface area contributed by atoms with Gasteiger partial charge in [0.2, 0.25) is 0 Å². The van der Waals surface area contributed by atoms with E-state index in [1.807, 2.05) is 0 Å². The van der Waals surface area contributed by atoms with Gasteiger partial charge < -0.3 is 9.84 Å². The van der Waals surface area contributed by atoms with Gasteiger partial charge in [0.05, 0.1) is 0 Å². The smallest absolute Gasteiger partial charge is 0.321 e. The van der Waals surface area contributed by atoms with Crippen LogP contribution in [0.1, 0.15) is 43.8 Å². The third-order valence-electron chi connectivity index (χ3n) is 3.15. The predicted molar refractivity (Wildman–Crippen MR) is 52.1 cm³/mol. The van der Waals surface area contributed by atoms with Gasteiger partial charge in [0.1, 0.15) is 0 Å². The van der Waals surface area contributed by atoms with Crippen LogP contribution in [-0.4, -0.2) is 16.7 Å². The number of hydrogen-bond acceptors (Lipinski definition) is 4. The molecule has 0 aliphatic heterocycles. The molecule has 14 heavy (non-hydrogen) atoms. The summed E-state index contributed by atoms with van der Waals surface area (Å²) in [5.41, 5.74) is 0. The molecule has 2 fully saturated rings. The van der Waals surface area contributed by atoms with Crippen LogP contribution in [0.15, 0.2) is 4.52 Å². The van der Waals surface area contributed by atoms with Crippen LogP contribution in [0.5, 0.6) is 0 Å². The monoisotopic (exact) mass is 193 g/mol. The van der Waals surface area contributed by atoms with E-state index in [4.69, 9.17) is 4.52 Å². The first-order valence-electron chi connectivity index (χ1n) is 5.49. The second-order valence-electron chi connectivity index (χ2n) is 4.41. The Balaban J connectivity index is 1.58. The Hall–Kier alpha value is -1.06. The van der Waals surface area contributed by atoms with Crippen molar-refractivity contribution >= 4 is 6.01 Å². The van der Waals surface area contributed by atoms with Gasteiger partial charge in [-0.15, -0.1) is 0 Å². The van der Waals surface area contributed by atoms with Crippen LogP contribution in [0.25, 0.3) is 0 Å². The molecule has 2 aliphatic rings. The molecule has 76 valence electrons. The van der Waals surface area contributed by atoms with Crippen molar-refractivity contribution in [2.75, 3.05) is 11.9 Å². The normalized spacial score (nSPS) is 22.0. The molecule has 0 aromatic carbocycles. The molecule has 0 unspecified atom stereocenters. The number of anilines is 1. The number of nitrogens with zero attached hydrogens (tertiary/aromatic N) is 2. The van der Waals surface area contributed by atoms with Gasteiger partial charge in [0, 0.05) is 12.5 Å². The highest BCUT2D eigenvalue weighted by Crippen LogP contribution is 2.35. The summed E-state index contributed by atoms with van der Waals surface area (Å²) in [4.78, 5) is 4.34.